The van der Waals surface area contributed by atoms with Crippen LogP contribution >= 0.6 is 0 Å². The molecule has 1 amide bonds. The Morgan fingerprint density at radius 2 is 1.61 bits per heavy atom. The number of piperazine rings is 1. The lowest BCUT2D eigenvalue weighted by Crippen LogP contribution is -2.58. The number of nitrogens with zero attached hydrogens (tertiary/aromatic N) is 3. The Bertz CT molecular complexity index is 517. The van der Waals surface area contributed by atoms with Crippen molar-refractivity contribution in [2.75, 3.05) is 45.8 Å². The smallest absolute Gasteiger partial charge is 0.282 e. The predicted octanol–water partition coefficient (Wildman–Crippen LogP) is 0.00340. The molecule has 0 saturated carbocycles. The fourth-order valence-corrected chi connectivity index (χ4v) is 5.59. The highest BCUT2D eigenvalue weighted by Gasteiger charge is 2.37. The molecule has 0 aromatic rings. The van der Waals surface area contributed by atoms with Crippen molar-refractivity contribution in [2.24, 2.45) is 0 Å². The Kier molecular flexibility index (Phi) is 5.56. The van der Waals surface area contributed by atoms with E-state index < -0.39 is 10.2 Å². The van der Waals surface area contributed by atoms with Crippen molar-refractivity contribution >= 4 is 16.1 Å². The summed E-state index contributed by atoms with van der Waals surface area (Å²) in [6.45, 7) is 4.14. The van der Waals surface area contributed by atoms with Crippen LogP contribution in [0.3, 0.4) is 0 Å². The Balaban J connectivity index is 1.68. The first-order valence-electron chi connectivity index (χ1n) is 8.84. The lowest BCUT2D eigenvalue weighted by Gasteiger charge is -2.41. The molecule has 0 radical (unpaired) electrons. The minimum atomic E-state index is -3.38. The fourth-order valence-electron chi connectivity index (χ4n) is 3.83. The molecule has 3 aliphatic rings. The minimum absolute atomic E-state index is 0.0279. The van der Waals surface area contributed by atoms with Crippen LogP contribution in [-0.4, -0.2) is 79.7 Å². The van der Waals surface area contributed by atoms with Gasteiger partial charge < -0.3 is 10.2 Å². The summed E-state index contributed by atoms with van der Waals surface area (Å²) in [5, 5.41) is 3.07. The monoisotopic (exact) mass is 344 g/mol. The first kappa shape index (κ1) is 17.1. The zero-order valence-electron chi connectivity index (χ0n) is 13.7. The molecule has 3 fully saturated rings. The first-order chi connectivity index (χ1) is 11.1. The van der Waals surface area contributed by atoms with Gasteiger partial charge in [0.2, 0.25) is 5.91 Å². The van der Waals surface area contributed by atoms with E-state index in [9.17, 15) is 13.2 Å². The standard InChI is InChI=1S/C15H28N4O3S/c20-15-12-16-7-11-19(15)14-6-5-10-18(13-14)23(21,22)17-8-3-1-2-4-9-17/h14,16H,1-13H2. The molecular weight excluding hydrogens is 316 g/mol. The van der Waals surface area contributed by atoms with Crippen LogP contribution in [0.1, 0.15) is 38.5 Å². The van der Waals surface area contributed by atoms with Crippen molar-refractivity contribution < 1.29 is 13.2 Å². The van der Waals surface area contributed by atoms with E-state index in [4.69, 9.17) is 0 Å². The third kappa shape index (κ3) is 3.87. The largest absolute Gasteiger partial charge is 0.336 e. The second-order valence-electron chi connectivity index (χ2n) is 6.74. The van der Waals surface area contributed by atoms with Crippen molar-refractivity contribution in [3.05, 3.63) is 0 Å². The number of amides is 1. The SMILES string of the molecule is O=C1CNCCN1C1CCCN(S(=O)(=O)N2CCCCCC2)C1. The van der Waals surface area contributed by atoms with E-state index in [1.807, 2.05) is 4.90 Å². The lowest BCUT2D eigenvalue weighted by molar-refractivity contribution is -0.135. The summed E-state index contributed by atoms with van der Waals surface area (Å²) in [4.78, 5) is 14.0. The molecule has 0 spiro atoms. The molecule has 3 saturated heterocycles. The molecule has 8 heteroatoms. The first-order valence-corrected chi connectivity index (χ1v) is 10.2. The Hall–Kier alpha value is -0.700. The van der Waals surface area contributed by atoms with Gasteiger partial charge in [0.15, 0.2) is 0 Å². The molecule has 3 aliphatic heterocycles. The second kappa shape index (κ2) is 7.46. The van der Waals surface area contributed by atoms with Crippen LogP contribution in [0.5, 0.6) is 0 Å². The Labute approximate surface area is 139 Å². The summed E-state index contributed by atoms with van der Waals surface area (Å²) in [6.07, 6.45) is 5.86. The van der Waals surface area contributed by atoms with Crippen molar-refractivity contribution in [1.82, 2.24) is 18.8 Å². The fraction of sp³-hybridized carbons (Fsp3) is 0.933. The topological polar surface area (TPSA) is 73.0 Å². The van der Waals surface area contributed by atoms with Gasteiger partial charge in [0, 0.05) is 45.3 Å². The van der Waals surface area contributed by atoms with Crippen molar-refractivity contribution in [2.45, 2.75) is 44.6 Å². The van der Waals surface area contributed by atoms with Gasteiger partial charge in [0.25, 0.3) is 10.2 Å². The van der Waals surface area contributed by atoms with E-state index in [-0.39, 0.29) is 11.9 Å². The summed E-state index contributed by atoms with van der Waals surface area (Å²) in [5.41, 5.74) is 0. The molecule has 1 unspecified atom stereocenters. The van der Waals surface area contributed by atoms with Crippen molar-refractivity contribution in [3.63, 3.8) is 0 Å². The Morgan fingerprint density at radius 1 is 0.913 bits per heavy atom. The van der Waals surface area contributed by atoms with Crippen LogP contribution < -0.4 is 5.32 Å². The van der Waals surface area contributed by atoms with Gasteiger partial charge in [0.05, 0.1) is 6.54 Å². The van der Waals surface area contributed by atoms with Gasteiger partial charge in [-0.25, -0.2) is 0 Å². The Morgan fingerprint density at radius 3 is 2.30 bits per heavy atom. The molecule has 1 N–H and O–H groups in total. The highest BCUT2D eigenvalue weighted by molar-refractivity contribution is 7.86. The highest BCUT2D eigenvalue weighted by atomic mass is 32.2. The summed E-state index contributed by atoms with van der Waals surface area (Å²) in [6, 6.07) is 0.0279. The van der Waals surface area contributed by atoms with Crippen LogP contribution in [0.25, 0.3) is 0 Å². The molecule has 0 aliphatic carbocycles. The molecule has 3 heterocycles. The third-order valence-electron chi connectivity index (χ3n) is 5.14. The number of hydrogen-bond donors (Lipinski definition) is 1. The van der Waals surface area contributed by atoms with Gasteiger partial charge in [-0.05, 0) is 25.7 Å². The van der Waals surface area contributed by atoms with E-state index in [2.05, 4.69) is 5.32 Å². The number of hydrogen-bond acceptors (Lipinski definition) is 4. The van der Waals surface area contributed by atoms with E-state index in [1.54, 1.807) is 8.61 Å². The summed E-state index contributed by atoms with van der Waals surface area (Å²) in [5.74, 6) is 0.0928. The number of carbonyl (C=O) groups excluding carboxylic acids is 1. The molecule has 1 atom stereocenters. The van der Waals surface area contributed by atoms with Crippen LogP contribution in [0, 0.1) is 0 Å². The van der Waals surface area contributed by atoms with Crippen LogP contribution in [0.2, 0.25) is 0 Å². The molecule has 0 bridgehead atoms. The predicted molar refractivity (Wildman–Crippen MR) is 88.1 cm³/mol. The molecule has 23 heavy (non-hydrogen) atoms. The quantitative estimate of drug-likeness (QED) is 0.782. The van der Waals surface area contributed by atoms with Crippen LogP contribution in [0.15, 0.2) is 0 Å². The summed E-state index contributed by atoms with van der Waals surface area (Å²) >= 11 is 0. The molecular formula is C15H28N4O3S. The maximum Gasteiger partial charge on any atom is 0.282 e. The number of piperidine rings is 1. The van der Waals surface area contributed by atoms with Gasteiger partial charge in [-0.3, -0.25) is 4.79 Å². The normalized spacial score (nSPS) is 29.5. The van der Waals surface area contributed by atoms with E-state index in [0.29, 0.717) is 39.3 Å². The van der Waals surface area contributed by atoms with Gasteiger partial charge in [-0.2, -0.15) is 17.0 Å². The average molecular weight is 344 g/mol. The average Bonchev–Trinajstić information content (AvgIpc) is 2.85. The molecule has 0 aromatic heterocycles. The maximum atomic E-state index is 12.9. The lowest BCUT2D eigenvalue weighted by atomic mass is 10.1. The summed E-state index contributed by atoms with van der Waals surface area (Å²) < 4.78 is 29.1. The van der Waals surface area contributed by atoms with Gasteiger partial charge in [0.1, 0.15) is 0 Å². The maximum absolute atomic E-state index is 12.9. The number of carbonyl (C=O) groups is 1. The molecule has 3 rings (SSSR count). The van der Waals surface area contributed by atoms with Crippen LogP contribution in [-0.2, 0) is 15.0 Å². The van der Waals surface area contributed by atoms with E-state index in [1.165, 1.54) is 0 Å². The number of rotatable bonds is 3. The van der Waals surface area contributed by atoms with Gasteiger partial charge >= 0.3 is 0 Å². The van der Waals surface area contributed by atoms with Crippen molar-refractivity contribution in [3.8, 4) is 0 Å². The van der Waals surface area contributed by atoms with Gasteiger partial charge in [-0.15, -0.1) is 0 Å². The van der Waals surface area contributed by atoms with Gasteiger partial charge in [-0.1, -0.05) is 12.8 Å². The zero-order chi connectivity index (χ0) is 16.3. The molecule has 0 aromatic carbocycles. The minimum Gasteiger partial charge on any atom is -0.336 e. The molecule has 7 nitrogen and oxygen atoms in total. The highest BCUT2D eigenvalue weighted by Crippen LogP contribution is 2.23. The van der Waals surface area contributed by atoms with E-state index >= 15 is 0 Å². The summed E-state index contributed by atoms with van der Waals surface area (Å²) in [7, 11) is -3.38. The number of nitrogens with one attached hydrogen (secondary N) is 1. The zero-order valence-corrected chi connectivity index (χ0v) is 14.6. The molecule has 132 valence electrons. The van der Waals surface area contributed by atoms with Crippen molar-refractivity contribution in [1.29, 1.82) is 0 Å². The third-order valence-corrected chi connectivity index (χ3v) is 7.15. The van der Waals surface area contributed by atoms with Crippen LogP contribution in [0.4, 0.5) is 0 Å². The van der Waals surface area contributed by atoms with E-state index in [0.717, 1.165) is 45.1 Å². The second-order valence-corrected chi connectivity index (χ2v) is 8.67.